The fraction of sp³-hybridized carbons (Fsp3) is 0.296. The van der Waals surface area contributed by atoms with Gasteiger partial charge in [-0.3, -0.25) is 9.69 Å². The van der Waals surface area contributed by atoms with Crippen LogP contribution in [0.2, 0.25) is 0 Å². The SMILES string of the molecule is CC(NC(=O)c1ccco1)c1nnc2n1CCN(Cc1ccc(OCc3ccccc3)cc1)CC2. The molecule has 0 bridgehead atoms. The Hall–Kier alpha value is -3.91. The van der Waals surface area contributed by atoms with E-state index in [1.165, 1.54) is 11.8 Å². The molecule has 2 aromatic heterocycles. The molecule has 1 aliphatic rings. The lowest BCUT2D eigenvalue weighted by Crippen LogP contribution is -2.30. The lowest BCUT2D eigenvalue weighted by atomic mass is 10.2. The summed E-state index contributed by atoms with van der Waals surface area (Å²) in [6.45, 7) is 5.89. The molecule has 0 fully saturated rings. The van der Waals surface area contributed by atoms with Crippen molar-refractivity contribution in [3.8, 4) is 5.75 Å². The Morgan fingerprint density at radius 3 is 2.60 bits per heavy atom. The maximum Gasteiger partial charge on any atom is 0.287 e. The summed E-state index contributed by atoms with van der Waals surface area (Å²) in [5, 5.41) is 11.7. The van der Waals surface area contributed by atoms with E-state index in [9.17, 15) is 4.79 Å². The standard InChI is InChI=1S/C27H29N5O3/c1-20(28-27(33)24-8-5-17-34-24)26-30-29-25-13-14-31(15-16-32(25)26)18-21-9-11-23(12-10-21)35-19-22-6-3-2-4-7-22/h2-12,17,20H,13-16,18-19H2,1H3,(H,28,33). The minimum atomic E-state index is -0.274. The van der Waals surface area contributed by atoms with Gasteiger partial charge in [0, 0.05) is 32.6 Å². The van der Waals surface area contributed by atoms with Gasteiger partial charge in [-0.25, -0.2) is 0 Å². The van der Waals surface area contributed by atoms with Crippen molar-refractivity contribution in [2.75, 3.05) is 13.1 Å². The maximum absolute atomic E-state index is 12.4. The van der Waals surface area contributed by atoms with Gasteiger partial charge in [0.15, 0.2) is 11.6 Å². The van der Waals surface area contributed by atoms with Crippen LogP contribution in [0.4, 0.5) is 0 Å². The second-order valence-corrected chi connectivity index (χ2v) is 8.74. The average Bonchev–Trinajstić information content (AvgIpc) is 3.53. The molecule has 2 aromatic carbocycles. The molecule has 1 atom stereocenters. The second-order valence-electron chi connectivity index (χ2n) is 8.74. The molecule has 1 aliphatic heterocycles. The van der Waals surface area contributed by atoms with Crippen LogP contribution in [-0.4, -0.2) is 38.7 Å². The number of nitrogens with zero attached hydrogens (tertiary/aromatic N) is 4. The molecule has 8 heteroatoms. The highest BCUT2D eigenvalue weighted by molar-refractivity contribution is 5.91. The number of hydrogen-bond acceptors (Lipinski definition) is 6. The van der Waals surface area contributed by atoms with Crippen molar-refractivity contribution >= 4 is 5.91 Å². The third-order valence-corrected chi connectivity index (χ3v) is 6.21. The van der Waals surface area contributed by atoms with Crippen LogP contribution in [-0.2, 0) is 26.1 Å². The number of fused-ring (bicyclic) bond motifs is 1. The zero-order chi connectivity index (χ0) is 24.0. The van der Waals surface area contributed by atoms with Crippen LogP contribution >= 0.6 is 0 Å². The van der Waals surface area contributed by atoms with E-state index in [1.54, 1.807) is 12.1 Å². The minimum absolute atomic E-state index is 0.258. The van der Waals surface area contributed by atoms with Crippen molar-refractivity contribution in [3.63, 3.8) is 0 Å². The van der Waals surface area contributed by atoms with Crippen LogP contribution in [0.25, 0.3) is 0 Å². The van der Waals surface area contributed by atoms with Gasteiger partial charge < -0.3 is 19.0 Å². The highest BCUT2D eigenvalue weighted by atomic mass is 16.5. The summed E-state index contributed by atoms with van der Waals surface area (Å²) in [7, 11) is 0. The number of carbonyl (C=O) groups is 1. The van der Waals surface area contributed by atoms with Gasteiger partial charge in [-0.2, -0.15) is 0 Å². The molecule has 35 heavy (non-hydrogen) atoms. The van der Waals surface area contributed by atoms with Gasteiger partial charge in [0.1, 0.15) is 18.2 Å². The number of aromatic nitrogens is 3. The molecule has 0 spiro atoms. The number of hydrogen-bond donors (Lipinski definition) is 1. The first kappa shape index (κ1) is 22.9. The van der Waals surface area contributed by atoms with Crippen molar-refractivity contribution in [1.82, 2.24) is 25.0 Å². The number of carbonyl (C=O) groups excluding carboxylic acids is 1. The number of ether oxygens (including phenoxy) is 1. The Labute approximate surface area is 204 Å². The highest BCUT2D eigenvalue weighted by Crippen LogP contribution is 2.19. The molecule has 5 rings (SSSR count). The lowest BCUT2D eigenvalue weighted by molar-refractivity contribution is 0.0909. The first-order chi connectivity index (χ1) is 17.2. The molecule has 180 valence electrons. The Balaban J connectivity index is 1.15. The van der Waals surface area contributed by atoms with E-state index in [4.69, 9.17) is 9.15 Å². The lowest BCUT2D eigenvalue weighted by Gasteiger charge is -2.20. The molecule has 1 unspecified atom stereocenters. The first-order valence-corrected chi connectivity index (χ1v) is 11.9. The van der Waals surface area contributed by atoms with Gasteiger partial charge in [-0.15, -0.1) is 10.2 Å². The van der Waals surface area contributed by atoms with Crippen molar-refractivity contribution < 1.29 is 13.9 Å². The first-order valence-electron chi connectivity index (χ1n) is 11.9. The third-order valence-electron chi connectivity index (χ3n) is 6.21. The molecule has 0 saturated heterocycles. The predicted octanol–water partition coefficient (Wildman–Crippen LogP) is 4.00. The Kier molecular flexibility index (Phi) is 6.90. The molecule has 1 N–H and O–H groups in total. The van der Waals surface area contributed by atoms with Crippen molar-refractivity contribution in [3.05, 3.63) is 102 Å². The van der Waals surface area contributed by atoms with Crippen molar-refractivity contribution in [1.29, 1.82) is 0 Å². The molecule has 0 radical (unpaired) electrons. The van der Waals surface area contributed by atoms with E-state index < -0.39 is 0 Å². The monoisotopic (exact) mass is 471 g/mol. The Bertz CT molecular complexity index is 1240. The van der Waals surface area contributed by atoms with Gasteiger partial charge in [0.2, 0.25) is 0 Å². The summed E-state index contributed by atoms with van der Waals surface area (Å²) in [6.07, 6.45) is 2.30. The van der Waals surface area contributed by atoms with E-state index in [1.807, 2.05) is 37.3 Å². The Morgan fingerprint density at radius 1 is 1.00 bits per heavy atom. The zero-order valence-corrected chi connectivity index (χ0v) is 19.8. The molecular formula is C27H29N5O3. The van der Waals surface area contributed by atoms with Crippen molar-refractivity contribution in [2.24, 2.45) is 0 Å². The fourth-order valence-electron chi connectivity index (χ4n) is 4.30. The average molecular weight is 472 g/mol. The molecule has 4 aromatic rings. The highest BCUT2D eigenvalue weighted by Gasteiger charge is 2.23. The molecular weight excluding hydrogens is 442 g/mol. The third kappa shape index (κ3) is 5.60. The molecule has 8 nitrogen and oxygen atoms in total. The molecule has 3 heterocycles. The number of amides is 1. The smallest absolute Gasteiger partial charge is 0.287 e. The molecule has 1 amide bonds. The minimum Gasteiger partial charge on any atom is -0.489 e. The van der Waals surface area contributed by atoms with Crippen LogP contribution in [0.1, 0.15) is 46.3 Å². The summed E-state index contributed by atoms with van der Waals surface area (Å²) < 4.78 is 13.2. The number of nitrogens with one attached hydrogen (secondary N) is 1. The summed E-state index contributed by atoms with van der Waals surface area (Å²) in [5.41, 5.74) is 2.40. The number of benzene rings is 2. The summed E-state index contributed by atoms with van der Waals surface area (Å²) >= 11 is 0. The van der Waals surface area contributed by atoms with Crippen molar-refractivity contribution in [2.45, 2.75) is 39.1 Å². The van der Waals surface area contributed by atoms with Crippen LogP contribution in [0, 0.1) is 0 Å². The number of furan rings is 1. The Morgan fingerprint density at radius 2 is 1.83 bits per heavy atom. The second kappa shape index (κ2) is 10.6. The van der Waals surface area contributed by atoms with E-state index in [2.05, 4.69) is 49.2 Å². The summed E-state index contributed by atoms with van der Waals surface area (Å²) in [5.74, 6) is 2.62. The fourth-order valence-corrected chi connectivity index (χ4v) is 4.30. The van der Waals surface area contributed by atoms with E-state index in [-0.39, 0.29) is 17.7 Å². The maximum atomic E-state index is 12.4. The van der Waals surface area contributed by atoms with Gasteiger partial charge in [0.25, 0.3) is 5.91 Å². The van der Waals surface area contributed by atoms with Gasteiger partial charge in [-0.05, 0) is 42.3 Å². The number of rotatable bonds is 8. The predicted molar refractivity (Wildman–Crippen MR) is 131 cm³/mol. The van der Waals surface area contributed by atoms with E-state index >= 15 is 0 Å². The van der Waals surface area contributed by atoms with Gasteiger partial charge in [-0.1, -0.05) is 42.5 Å². The van der Waals surface area contributed by atoms with E-state index in [0.29, 0.717) is 6.61 Å². The van der Waals surface area contributed by atoms with E-state index in [0.717, 1.165) is 55.6 Å². The largest absolute Gasteiger partial charge is 0.489 e. The van der Waals surface area contributed by atoms with Gasteiger partial charge in [0.05, 0.1) is 12.3 Å². The molecule has 0 aliphatic carbocycles. The zero-order valence-electron chi connectivity index (χ0n) is 19.8. The molecule has 0 saturated carbocycles. The van der Waals surface area contributed by atoms with Gasteiger partial charge >= 0.3 is 0 Å². The normalized spacial score (nSPS) is 14.7. The van der Waals surface area contributed by atoms with Crippen LogP contribution in [0.15, 0.2) is 77.4 Å². The van der Waals surface area contributed by atoms with Crippen LogP contribution in [0.3, 0.4) is 0 Å². The summed E-state index contributed by atoms with van der Waals surface area (Å²) in [6, 6.07) is 21.6. The summed E-state index contributed by atoms with van der Waals surface area (Å²) in [4.78, 5) is 14.8. The topological polar surface area (TPSA) is 85.4 Å². The van der Waals surface area contributed by atoms with Crippen LogP contribution < -0.4 is 10.1 Å². The van der Waals surface area contributed by atoms with Crippen LogP contribution in [0.5, 0.6) is 5.75 Å². The quantitative estimate of drug-likeness (QED) is 0.418.